The summed E-state index contributed by atoms with van der Waals surface area (Å²) < 4.78 is 75.0. The van der Waals surface area contributed by atoms with Gasteiger partial charge >= 0.3 is 13.3 Å². The van der Waals surface area contributed by atoms with Crippen molar-refractivity contribution in [1.82, 2.24) is 5.32 Å². The molecular formula is C31H38F2NO6P. The van der Waals surface area contributed by atoms with E-state index in [-0.39, 0.29) is 39.6 Å². The summed E-state index contributed by atoms with van der Waals surface area (Å²) in [6.45, 7) is 3.03. The van der Waals surface area contributed by atoms with Gasteiger partial charge in [-0.3, -0.25) is 4.57 Å². The number of hydrogen-bond acceptors (Lipinski definition) is 7. The van der Waals surface area contributed by atoms with E-state index in [2.05, 4.69) is 5.32 Å². The molecule has 0 amide bonds. The van der Waals surface area contributed by atoms with Crippen molar-refractivity contribution in [2.24, 2.45) is 0 Å². The number of ether oxygens (including phenoxy) is 3. The van der Waals surface area contributed by atoms with Crippen LogP contribution in [0.4, 0.5) is 8.78 Å². The molecule has 0 aromatic heterocycles. The first-order chi connectivity index (χ1) is 19.9. The van der Waals surface area contributed by atoms with E-state index < -0.39 is 37.6 Å². The van der Waals surface area contributed by atoms with Crippen molar-refractivity contribution in [2.75, 3.05) is 19.8 Å². The van der Waals surface area contributed by atoms with E-state index in [0.717, 1.165) is 16.7 Å². The lowest BCUT2D eigenvalue weighted by atomic mass is 9.95. The van der Waals surface area contributed by atoms with E-state index in [9.17, 15) is 4.57 Å². The smallest absolute Gasteiger partial charge is 0.369 e. The van der Waals surface area contributed by atoms with Gasteiger partial charge in [-0.15, -0.1) is 0 Å². The van der Waals surface area contributed by atoms with Crippen LogP contribution >= 0.6 is 7.60 Å². The Bertz CT molecular complexity index is 1210. The van der Waals surface area contributed by atoms with Crippen molar-refractivity contribution < 1.29 is 36.6 Å². The molecule has 1 aliphatic heterocycles. The molecule has 0 unspecified atom stereocenters. The molecule has 0 radical (unpaired) electrons. The molecule has 1 aliphatic rings. The zero-order chi connectivity index (χ0) is 29.1. The monoisotopic (exact) mass is 589 g/mol. The van der Waals surface area contributed by atoms with Crippen LogP contribution in [0.15, 0.2) is 91.0 Å². The average molecular weight is 590 g/mol. The summed E-state index contributed by atoms with van der Waals surface area (Å²) in [5, 5.41) is 2.87. The Morgan fingerprint density at radius 2 is 1.12 bits per heavy atom. The van der Waals surface area contributed by atoms with Gasteiger partial charge in [-0.05, 0) is 30.5 Å². The minimum atomic E-state index is -4.88. The lowest BCUT2D eigenvalue weighted by Crippen LogP contribution is -2.67. The molecule has 4 rings (SSSR count). The van der Waals surface area contributed by atoms with E-state index in [1.165, 1.54) is 13.8 Å². The fourth-order valence-electron chi connectivity index (χ4n) is 4.77. The molecule has 1 N–H and O–H groups in total. The molecule has 10 heteroatoms. The molecule has 0 bridgehead atoms. The molecule has 1 fully saturated rings. The first-order valence-electron chi connectivity index (χ1n) is 13.8. The van der Waals surface area contributed by atoms with Crippen molar-refractivity contribution in [2.45, 2.75) is 63.7 Å². The Morgan fingerprint density at radius 1 is 0.707 bits per heavy atom. The highest BCUT2D eigenvalue weighted by Crippen LogP contribution is 2.64. The standard InChI is InChI=1S/C31H38F2NO6P/c1-3-39-41(35,40-4-2)31(32,33)30-29(38-23-26-18-12-7-13-19-26)28(37-22-25-16-10-6-11-17-25)27(20-34-30)36-21-24-14-8-5-9-15-24/h5-19,27-30,34H,3-4,20-23H2,1-2H3/t27-,28+,29-,30+/m1/s1. The summed E-state index contributed by atoms with van der Waals surface area (Å²) >= 11 is 0. The number of benzene rings is 3. The Balaban J connectivity index is 1.67. The Morgan fingerprint density at radius 3 is 1.56 bits per heavy atom. The fraction of sp³-hybridized carbons (Fsp3) is 0.419. The van der Waals surface area contributed by atoms with Crippen LogP contribution in [-0.4, -0.2) is 49.8 Å². The van der Waals surface area contributed by atoms with Crippen molar-refractivity contribution in [3.05, 3.63) is 108 Å². The highest BCUT2D eigenvalue weighted by molar-refractivity contribution is 7.55. The Hall–Kier alpha value is -2.49. The molecule has 0 aliphatic carbocycles. The largest absolute Gasteiger partial charge is 0.401 e. The molecular weight excluding hydrogens is 551 g/mol. The lowest BCUT2D eigenvalue weighted by molar-refractivity contribution is -0.196. The Kier molecular flexibility index (Phi) is 11.6. The predicted molar refractivity (Wildman–Crippen MR) is 153 cm³/mol. The van der Waals surface area contributed by atoms with Gasteiger partial charge in [0.1, 0.15) is 18.2 Å². The highest BCUT2D eigenvalue weighted by Gasteiger charge is 2.64. The molecule has 222 valence electrons. The maximum absolute atomic E-state index is 16.3. The first-order valence-corrected chi connectivity index (χ1v) is 15.4. The van der Waals surface area contributed by atoms with Gasteiger partial charge in [0, 0.05) is 6.54 Å². The molecule has 4 atom stereocenters. The lowest BCUT2D eigenvalue weighted by Gasteiger charge is -2.46. The van der Waals surface area contributed by atoms with Crippen LogP contribution in [-0.2, 0) is 47.6 Å². The van der Waals surface area contributed by atoms with Crippen LogP contribution in [0.5, 0.6) is 0 Å². The van der Waals surface area contributed by atoms with E-state index >= 15 is 8.78 Å². The van der Waals surface area contributed by atoms with Crippen molar-refractivity contribution in [1.29, 1.82) is 0 Å². The second-order valence-corrected chi connectivity index (χ2v) is 11.8. The molecule has 1 saturated heterocycles. The van der Waals surface area contributed by atoms with Crippen molar-refractivity contribution in [3.8, 4) is 0 Å². The van der Waals surface area contributed by atoms with Gasteiger partial charge in [-0.1, -0.05) is 91.0 Å². The van der Waals surface area contributed by atoms with Gasteiger partial charge in [0.25, 0.3) is 0 Å². The van der Waals surface area contributed by atoms with Crippen molar-refractivity contribution in [3.63, 3.8) is 0 Å². The molecule has 1 heterocycles. The van der Waals surface area contributed by atoms with Gasteiger partial charge in [-0.25, -0.2) is 0 Å². The number of alkyl halides is 2. The van der Waals surface area contributed by atoms with Gasteiger partial charge < -0.3 is 28.6 Å². The predicted octanol–water partition coefficient (Wildman–Crippen LogP) is 6.57. The van der Waals surface area contributed by atoms with E-state index in [4.69, 9.17) is 23.3 Å². The topological polar surface area (TPSA) is 75.3 Å². The number of halogens is 2. The van der Waals surface area contributed by atoms with Gasteiger partial charge in [0.05, 0.1) is 39.1 Å². The molecule has 41 heavy (non-hydrogen) atoms. The van der Waals surface area contributed by atoms with Gasteiger partial charge in [0.2, 0.25) is 0 Å². The summed E-state index contributed by atoms with van der Waals surface area (Å²) in [5.41, 5.74) is -1.34. The van der Waals surface area contributed by atoms with Crippen LogP contribution in [0.1, 0.15) is 30.5 Å². The maximum Gasteiger partial charge on any atom is 0.401 e. The zero-order valence-corrected chi connectivity index (χ0v) is 24.3. The van der Waals surface area contributed by atoms with Crippen LogP contribution in [0.25, 0.3) is 0 Å². The maximum atomic E-state index is 16.3. The fourth-order valence-corrected chi connectivity index (χ4v) is 6.45. The summed E-state index contributed by atoms with van der Waals surface area (Å²) in [6.07, 6.45) is -2.85. The third kappa shape index (κ3) is 8.08. The van der Waals surface area contributed by atoms with Gasteiger partial charge in [0.15, 0.2) is 0 Å². The van der Waals surface area contributed by atoms with Crippen LogP contribution < -0.4 is 5.32 Å². The second-order valence-electron chi connectivity index (χ2n) is 9.66. The van der Waals surface area contributed by atoms with Crippen LogP contribution in [0, 0.1) is 0 Å². The molecule has 0 spiro atoms. The molecule has 0 saturated carbocycles. The quantitative estimate of drug-likeness (QED) is 0.201. The van der Waals surface area contributed by atoms with E-state index in [0.29, 0.717) is 0 Å². The third-order valence-corrected chi connectivity index (χ3v) is 8.98. The van der Waals surface area contributed by atoms with Crippen molar-refractivity contribution >= 4 is 7.60 Å². The second kappa shape index (κ2) is 15.1. The normalized spacial score (nSPS) is 21.6. The molecule has 3 aromatic rings. The first kappa shape index (κ1) is 31.4. The molecule has 7 nitrogen and oxygen atoms in total. The summed E-state index contributed by atoms with van der Waals surface area (Å²) in [4.78, 5) is 0. The van der Waals surface area contributed by atoms with Gasteiger partial charge in [-0.2, -0.15) is 8.78 Å². The minimum absolute atomic E-state index is 0.00991. The summed E-state index contributed by atoms with van der Waals surface area (Å²) in [7, 11) is -4.88. The zero-order valence-electron chi connectivity index (χ0n) is 23.4. The summed E-state index contributed by atoms with van der Waals surface area (Å²) in [5.74, 6) is 0. The minimum Gasteiger partial charge on any atom is -0.369 e. The number of hydrogen-bond donors (Lipinski definition) is 1. The Labute approximate surface area is 240 Å². The third-order valence-electron chi connectivity index (χ3n) is 6.77. The number of rotatable bonds is 15. The number of piperidine rings is 1. The molecule has 3 aromatic carbocycles. The van der Waals surface area contributed by atoms with E-state index in [1.807, 2.05) is 91.0 Å². The van der Waals surface area contributed by atoms with E-state index in [1.54, 1.807) is 0 Å². The highest BCUT2D eigenvalue weighted by atomic mass is 31.2. The average Bonchev–Trinajstić information content (AvgIpc) is 2.99. The number of nitrogens with one attached hydrogen (secondary N) is 1. The van der Waals surface area contributed by atoms with Crippen LogP contribution in [0.3, 0.4) is 0 Å². The summed E-state index contributed by atoms with van der Waals surface area (Å²) in [6, 6.07) is 26.5. The SMILES string of the molecule is CCOP(=O)(OCC)C(F)(F)[C@H]1NC[C@@H](OCc2ccccc2)[C@H](OCc2ccccc2)[C@H]1OCc1ccccc1. The van der Waals surface area contributed by atoms with Crippen LogP contribution in [0.2, 0.25) is 0 Å².